The molecule has 2 amide bonds. The molecule has 7 heteroatoms. The second-order valence-electron chi connectivity index (χ2n) is 6.89. The van der Waals surface area contributed by atoms with Crippen LogP contribution in [0, 0.1) is 18.7 Å². The molecule has 1 saturated heterocycles. The van der Waals surface area contributed by atoms with Crippen LogP contribution in [0.2, 0.25) is 0 Å². The molecule has 1 fully saturated rings. The number of amides is 2. The lowest BCUT2D eigenvalue weighted by atomic mass is 9.90. The third-order valence-corrected chi connectivity index (χ3v) is 4.69. The highest BCUT2D eigenvalue weighted by Crippen LogP contribution is 2.33. The molecule has 3 rings (SSSR count). The second kappa shape index (κ2) is 7.73. The molecule has 3 N–H and O–H groups in total. The Morgan fingerprint density at radius 1 is 1.33 bits per heavy atom. The van der Waals surface area contributed by atoms with E-state index in [0.717, 1.165) is 6.42 Å². The maximum Gasteiger partial charge on any atom is 0.313 e. The van der Waals surface area contributed by atoms with E-state index in [-0.39, 0.29) is 12.5 Å². The van der Waals surface area contributed by atoms with Crippen molar-refractivity contribution < 1.29 is 15.4 Å². The van der Waals surface area contributed by atoms with Gasteiger partial charge in [0.2, 0.25) is 0 Å². The van der Waals surface area contributed by atoms with Gasteiger partial charge in [0, 0.05) is 6.54 Å². The summed E-state index contributed by atoms with van der Waals surface area (Å²) >= 11 is 0. The number of anilines is 2. The second-order valence-corrected chi connectivity index (χ2v) is 6.89. The highest BCUT2D eigenvalue weighted by Gasteiger charge is 2.34. The van der Waals surface area contributed by atoms with Gasteiger partial charge in [-0.25, -0.2) is 9.37 Å². The van der Waals surface area contributed by atoms with Gasteiger partial charge in [-0.2, -0.15) is 0 Å². The van der Waals surface area contributed by atoms with E-state index in [1.807, 2.05) is 6.92 Å². The standard InChI is InChI=1S/C20H23FN4O2/c1-12-3-8-17(14-4-6-15(21)7-5-14)25(11-12)20(27)19(26)24-16-9-13(2)18(22)23-10-16/h4-7,9-10,12,17H,3,8,11H2,1-2H3,(H2,22,23)(H,24,26)/i17D. The van der Waals surface area contributed by atoms with Gasteiger partial charge in [-0.3, -0.25) is 9.59 Å². The van der Waals surface area contributed by atoms with Gasteiger partial charge in [0.25, 0.3) is 0 Å². The van der Waals surface area contributed by atoms with E-state index in [1.54, 1.807) is 13.0 Å². The van der Waals surface area contributed by atoms with Crippen LogP contribution in [0.25, 0.3) is 0 Å². The van der Waals surface area contributed by atoms with Crippen molar-refractivity contribution >= 4 is 23.3 Å². The predicted octanol–water partition coefficient (Wildman–Crippen LogP) is 3.05. The summed E-state index contributed by atoms with van der Waals surface area (Å²) in [6, 6.07) is 5.70. The molecule has 142 valence electrons. The predicted molar refractivity (Wildman–Crippen MR) is 101 cm³/mol. The molecule has 2 unspecified atom stereocenters. The molecule has 2 aromatic rings. The summed E-state index contributed by atoms with van der Waals surface area (Å²) in [4.78, 5) is 30.7. The van der Waals surface area contributed by atoms with Crippen molar-refractivity contribution in [1.29, 1.82) is 0 Å². The molecule has 0 aliphatic carbocycles. The van der Waals surface area contributed by atoms with Gasteiger partial charge in [0.1, 0.15) is 11.6 Å². The molecule has 2 atom stereocenters. The van der Waals surface area contributed by atoms with Gasteiger partial charge < -0.3 is 16.0 Å². The number of halogens is 1. The average molecular weight is 371 g/mol. The molecule has 1 aliphatic rings. The van der Waals surface area contributed by atoms with E-state index in [1.165, 1.54) is 35.4 Å². The van der Waals surface area contributed by atoms with Gasteiger partial charge >= 0.3 is 11.8 Å². The lowest BCUT2D eigenvalue weighted by Crippen LogP contribution is -2.46. The Morgan fingerprint density at radius 3 is 2.70 bits per heavy atom. The molecule has 1 aromatic carbocycles. The van der Waals surface area contributed by atoms with Crippen molar-refractivity contribution in [2.45, 2.75) is 32.7 Å². The van der Waals surface area contributed by atoms with Crippen molar-refractivity contribution in [1.82, 2.24) is 9.88 Å². The van der Waals surface area contributed by atoms with Crippen LogP contribution >= 0.6 is 0 Å². The number of aromatic nitrogens is 1. The maximum atomic E-state index is 13.3. The van der Waals surface area contributed by atoms with Crippen molar-refractivity contribution in [2.24, 2.45) is 5.92 Å². The van der Waals surface area contributed by atoms with E-state index in [9.17, 15) is 14.0 Å². The van der Waals surface area contributed by atoms with Gasteiger partial charge in [-0.15, -0.1) is 0 Å². The molecular weight excluding hydrogens is 347 g/mol. The summed E-state index contributed by atoms with van der Waals surface area (Å²) in [5, 5.41) is 2.53. The third-order valence-electron chi connectivity index (χ3n) is 4.69. The molecule has 2 heterocycles. The van der Waals surface area contributed by atoms with Gasteiger partial charge in [-0.1, -0.05) is 19.1 Å². The molecule has 1 aromatic heterocycles. The molecule has 1 aliphatic heterocycles. The largest absolute Gasteiger partial charge is 0.383 e. The number of benzene rings is 1. The first-order valence-corrected chi connectivity index (χ1v) is 8.82. The van der Waals surface area contributed by atoms with Crippen LogP contribution in [0.4, 0.5) is 15.9 Å². The molecule has 0 spiro atoms. The number of rotatable bonds is 2. The van der Waals surface area contributed by atoms with Crippen LogP contribution in [0.15, 0.2) is 36.5 Å². The number of hydrogen-bond acceptors (Lipinski definition) is 4. The third kappa shape index (κ3) is 4.24. The zero-order valence-corrected chi connectivity index (χ0v) is 15.3. The Balaban J connectivity index is 1.86. The minimum atomic E-state index is -1.43. The summed E-state index contributed by atoms with van der Waals surface area (Å²) in [5.41, 5.74) is 7.18. The summed E-state index contributed by atoms with van der Waals surface area (Å²) in [7, 11) is 0. The Morgan fingerprint density at radius 2 is 2.04 bits per heavy atom. The lowest BCUT2D eigenvalue weighted by Gasteiger charge is -2.38. The van der Waals surface area contributed by atoms with E-state index in [0.29, 0.717) is 29.1 Å². The van der Waals surface area contributed by atoms with E-state index >= 15 is 0 Å². The molecular formula is C20H23FN4O2. The fraction of sp³-hybridized carbons (Fsp3) is 0.350. The number of hydrogen-bond donors (Lipinski definition) is 2. The number of piperidine rings is 1. The van der Waals surface area contributed by atoms with Gasteiger partial charge in [-0.05, 0) is 55.0 Å². The average Bonchev–Trinajstić information content (AvgIpc) is 2.66. The number of nitrogens with one attached hydrogen (secondary N) is 1. The molecule has 0 saturated carbocycles. The Bertz CT molecular complexity index is 906. The zero-order chi connectivity index (χ0) is 20.5. The lowest BCUT2D eigenvalue weighted by molar-refractivity contribution is -0.146. The number of nitrogen functional groups attached to an aromatic ring is 1. The van der Waals surface area contributed by atoms with E-state index in [4.69, 9.17) is 7.10 Å². The van der Waals surface area contributed by atoms with Crippen molar-refractivity contribution in [3.8, 4) is 0 Å². The van der Waals surface area contributed by atoms with Crippen LogP contribution in [0.3, 0.4) is 0 Å². The monoisotopic (exact) mass is 371 g/mol. The number of aryl methyl sites for hydroxylation is 1. The first-order valence-electron chi connectivity index (χ1n) is 9.32. The minimum absolute atomic E-state index is 0.149. The Kier molecular flexibility index (Phi) is 5.00. The highest BCUT2D eigenvalue weighted by atomic mass is 19.1. The van der Waals surface area contributed by atoms with E-state index < -0.39 is 23.6 Å². The maximum absolute atomic E-state index is 13.3. The SMILES string of the molecule is [2H]C1(c2ccc(F)cc2)CCC(C)CN1C(=O)C(=O)Nc1cnc(N)c(C)c1. The van der Waals surface area contributed by atoms with Crippen LogP contribution in [0.1, 0.15) is 38.3 Å². The normalized spacial score (nSPS) is 22.9. The highest BCUT2D eigenvalue weighted by molar-refractivity contribution is 6.39. The number of nitrogens with zero attached hydrogens (tertiary/aromatic N) is 2. The van der Waals surface area contributed by atoms with Crippen LogP contribution < -0.4 is 11.1 Å². The number of carbonyl (C=O) groups is 2. The first kappa shape index (κ1) is 17.5. The van der Waals surface area contributed by atoms with Crippen LogP contribution in [-0.2, 0) is 9.59 Å². The number of carbonyl (C=O) groups excluding carboxylic acids is 2. The molecule has 27 heavy (non-hydrogen) atoms. The van der Waals surface area contributed by atoms with Crippen LogP contribution in [-0.4, -0.2) is 28.2 Å². The Labute approximate surface area is 159 Å². The van der Waals surface area contributed by atoms with Crippen molar-refractivity contribution in [3.05, 3.63) is 53.5 Å². The smallest absolute Gasteiger partial charge is 0.313 e. The fourth-order valence-corrected chi connectivity index (χ4v) is 3.14. The topological polar surface area (TPSA) is 88.3 Å². The minimum Gasteiger partial charge on any atom is -0.383 e. The van der Waals surface area contributed by atoms with Gasteiger partial charge in [0.15, 0.2) is 0 Å². The molecule has 6 nitrogen and oxygen atoms in total. The summed E-state index contributed by atoms with van der Waals surface area (Å²) in [5.74, 6) is -1.58. The van der Waals surface area contributed by atoms with Crippen molar-refractivity contribution in [2.75, 3.05) is 17.6 Å². The number of pyridine rings is 1. The summed E-state index contributed by atoms with van der Waals surface area (Å²) in [6.07, 6.45) is 2.47. The van der Waals surface area contributed by atoms with Crippen molar-refractivity contribution in [3.63, 3.8) is 0 Å². The van der Waals surface area contributed by atoms with Crippen LogP contribution in [0.5, 0.6) is 0 Å². The van der Waals surface area contributed by atoms with Gasteiger partial charge in [0.05, 0.1) is 19.3 Å². The Hall–Kier alpha value is -2.96. The summed E-state index contributed by atoms with van der Waals surface area (Å²) < 4.78 is 22.2. The fourth-order valence-electron chi connectivity index (χ4n) is 3.14. The zero-order valence-electron chi connectivity index (χ0n) is 16.3. The number of nitrogens with two attached hydrogens (primary N) is 1. The van der Waals surface area contributed by atoms with E-state index in [2.05, 4.69) is 10.3 Å². The first-order chi connectivity index (χ1) is 13.2. The number of likely N-dealkylation sites (tertiary alicyclic amines) is 1. The summed E-state index contributed by atoms with van der Waals surface area (Å²) in [6.45, 7) is 3.98. The molecule has 0 radical (unpaired) electrons. The molecule has 0 bridgehead atoms. The quantitative estimate of drug-likeness (QED) is 0.794.